The summed E-state index contributed by atoms with van der Waals surface area (Å²) in [5, 5.41) is 2.76. The molecule has 25 heavy (non-hydrogen) atoms. The third-order valence-corrected chi connectivity index (χ3v) is 3.64. The van der Waals surface area contributed by atoms with Crippen LogP contribution in [0.5, 0.6) is 0 Å². The van der Waals surface area contributed by atoms with Crippen LogP contribution in [0.25, 0.3) is 22.6 Å². The highest BCUT2D eigenvalue weighted by Crippen LogP contribution is 2.32. The van der Waals surface area contributed by atoms with Gasteiger partial charge in [0.25, 0.3) is 0 Å². The minimum atomic E-state index is -4.39. The van der Waals surface area contributed by atoms with Crippen LogP contribution in [0.2, 0.25) is 0 Å². The van der Waals surface area contributed by atoms with Crippen molar-refractivity contribution in [3.8, 4) is 11.5 Å². The Morgan fingerprint density at radius 2 is 1.80 bits per heavy atom. The molecule has 1 aromatic heterocycles. The second-order valence-corrected chi connectivity index (χ2v) is 5.92. The summed E-state index contributed by atoms with van der Waals surface area (Å²) < 4.78 is 43.4. The predicted molar refractivity (Wildman–Crippen MR) is 87.9 cm³/mol. The molecule has 0 atom stereocenters. The highest BCUT2D eigenvalue weighted by atomic mass is 19.4. The predicted octanol–water partition coefficient (Wildman–Crippen LogP) is 5.11. The van der Waals surface area contributed by atoms with Gasteiger partial charge in [0.1, 0.15) is 5.52 Å². The molecule has 0 saturated heterocycles. The number of nitrogens with one attached hydrogen (secondary N) is 1. The lowest BCUT2D eigenvalue weighted by atomic mass is 10.1. The van der Waals surface area contributed by atoms with Gasteiger partial charge in [-0.05, 0) is 42.5 Å². The Hall–Kier alpha value is -2.83. The Balaban J connectivity index is 1.89. The molecule has 130 valence electrons. The highest BCUT2D eigenvalue weighted by molar-refractivity contribution is 5.94. The molecule has 0 saturated carbocycles. The normalized spacial score (nSPS) is 11.9. The van der Waals surface area contributed by atoms with Gasteiger partial charge in [-0.25, -0.2) is 4.98 Å². The van der Waals surface area contributed by atoms with Gasteiger partial charge >= 0.3 is 6.18 Å². The van der Waals surface area contributed by atoms with Crippen molar-refractivity contribution in [2.24, 2.45) is 5.92 Å². The lowest BCUT2D eigenvalue weighted by Crippen LogP contribution is -2.17. The number of rotatable bonds is 3. The summed E-state index contributed by atoms with van der Waals surface area (Å²) in [5.74, 6) is -0.0578. The van der Waals surface area contributed by atoms with Crippen molar-refractivity contribution in [2.75, 3.05) is 5.32 Å². The van der Waals surface area contributed by atoms with Crippen LogP contribution in [0.15, 0.2) is 46.9 Å². The first-order valence-corrected chi connectivity index (χ1v) is 7.63. The summed E-state index contributed by atoms with van der Waals surface area (Å²) in [4.78, 5) is 16.0. The molecule has 0 spiro atoms. The van der Waals surface area contributed by atoms with E-state index in [0.29, 0.717) is 22.4 Å². The molecule has 1 heterocycles. The summed E-state index contributed by atoms with van der Waals surface area (Å²) in [7, 11) is 0. The number of amides is 1. The molecule has 0 radical (unpaired) electrons. The van der Waals surface area contributed by atoms with E-state index in [0.717, 1.165) is 12.1 Å². The number of alkyl halides is 3. The number of hydrogen-bond donors (Lipinski definition) is 1. The zero-order chi connectivity index (χ0) is 18.2. The number of benzene rings is 2. The van der Waals surface area contributed by atoms with Crippen LogP contribution in [-0.2, 0) is 11.0 Å². The van der Waals surface area contributed by atoms with Gasteiger partial charge in [-0.15, -0.1) is 0 Å². The summed E-state index contributed by atoms with van der Waals surface area (Å²) in [6.07, 6.45) is -4.39. The monoisotopic (exact) mass is 348 g/mol. The standard InChI is InChI=1S/C18H15F3N2O2/c1-10(2)16(24)22-13-7-8-15-14(9-13)23-17(25-15)11-3-5-12(6-4-11)18(19,20)21/h3-10H,1-2H3,(H,22,24). The third kappa shape index (κ3) is 3.65. The molecule has 0 aliphatic rings. The van der Waals surface area contributed by atoms with Crippen molar-refractivity contribution in [1.29, 1.82) is 0 Å². The average molecular weight is 348 g/mol. The Kier molecular flexibility index (Phi) is 4.24. The quantitative estimate of drug-likeness (QED) is 0.716. The first kappa shape index (κ1) is 17.0. The molecule has 1 amide bonds. The van der Waals surface area contributed by atoms with Crippen molar-refractivity contribution in [2.45, 2.75) is 20.0 Å². The molecule has 1 N–H and O–H groups in total. The van der Waals surface area contributed by atoms with Crippen molar-refractivity contribution in [1.82, 2.24) is 4.98 Å². The largest absolute Gasteiger partial charge is 0.436 e. The van der Waals surface area contributed by atoms with Crippen LogP contribution in [0, 0.1) is 5.92 Å². The number of hydrogen-bond acceptors (Lipinski definition) is 3. The molecular weight excluding hydrogens is 333 g/mol. The minimum Gasteiger partial charge on any atom is -0.436 e. The second-order valence-electron chi connectivity index (χ2n) is 5.92. The number of aromatic nitrogens is 1. The molecule has 0 unspecified atom stereocenters. The zero-order valence-corrected chi connectivity index (χ0v) is 13.5. The van der Waals surface area contributed by atoms with E-state index in [4.69, 9.17) is 4.42 Å². The summed E-state index contributed by atoms with van der Waals surface area (Å²) in [5.41, 5.74) is 1.29. The SMILES string of the molecule is CC(C)C(=O)Nc1ccc2oc(-c3ccc(C(F)(F)F)cc3)nc2c1. The van der Waals surface area contributed by atoms with Crippen molar-refractivity contribution < 1.29 is 22.4 Å². The molecule has 0 bridgehead atoms. The van der Waals surface area contributed by atoms with Gasteiger partial charge in [-0.3, -0.25) is 4.79 Å². The molecule has 0 aliphatic carbocycles. The molecule has 2 aromatic carbocycles. The van der Waals surface area contributed by atoms with E-state index in [2.05, 4.69) is 10.3 Å². The van der Waals surface area contributed by atoms with E-state index in [9.17, 15) is 18.0 Å². The van der Waals surface area contributed by atoms with Crippen LogP contribution in [-0.4, -0.2) is 10.9 Å². The van der Waals surface area contributed by atoms with E-state index >= 15 is 0 Å². The summed E-state index contributed by atoms with van der Waals surface area (Å²) in [6.45, 7) is 3.57. The number of anilines is 1. The van der Waals surface area contributed by atoms with E-state index in [1.54, 1.807) is 32.0 Å². The molecule has 0 fully saturated rings. The Bertz CT molecular complexity index is 912. The summed E-state index contributed by atoms with van der Waals surface area (Å²) >= 11 is 0. The Morgan fingerprint density at radius 3 is 2.40 bits per heavy atom. The van der Waals surface area contributed by atoms with Crippen LogP contribution in [0.3, 0.4) is 0 Å². The van der Waals surface area contributed by atoms with Crippen molar-refractivity contribution in [3.63, 3.8) is 0 Å². The number of halogens is 3. The van der Waals surface area contributed by atoms with Gasteiger partial charge < -0.3 is 9.73 Å². The molecule has 4 nitrogen and oxygen atoms in total. The number of carbonyl (C=O) groups excluding carboxylic acids is 1. The maximum atomic E-state index is 12.6. The molecular formula is C18H15F3N2O2. The fraction of sp³-hybridized carbons (Fsp3) is 0.222. The van der Waals surface area contributed by atoms with Crippen molar-refractivity contribution >= 4 is 22.7 Å². The van der Waals surface area contributed by atoms with Crippen LogP contribution >= 0.6 is 0 Å². The maximum Gasteiger partial charge on any atom is 0.416 e. The van der Waals surface area contributed by atoms with Crippen LogP contribution in [0.4, 0.5) is 18.9 Å². The number of oxazole rings is 1. The number of carbonyl (C=O) groups is 1. The van der Waals surface area contributed by atoms with Crippen LogP contribution in [0.1, 0.15) is 19.4 Å². The lowest BCUT2D eigenvalue weighted by molar-refractivity contribution is -0.137. The van der Waals surface area contributed by atoms with Gasteiger partial charge in [0.2, 0.25) is 11.8 Å². The van der Waals surface area contributed by atoms with E-state index in [1.807, 2.05) is 0 Å². The van der Waals surface area contributed by atoms with Gasteiger partial charge in [-0.2, -0.15) is 13.2 Å². The average Bonchev–Trinajstić information content (AvgIpc) is 2.97. The highest BCUT2D eigenvalue weighted by Gasteiger charge is 2.30. The first-order chi connectivity index (χ1) is 11.7. The number of nitrogens with zero attached hydrogens (tertiary/aromatic N) is 1. The topological polar surface area (TPSA) is 55.1 Å². The fourth-order valence-corrected chi connectivity index (χ4v) is 2.22. The smallest absolute Gasteiger partial charge is 0.416 e. The molecule has 3 rings (SSSR count). The lowest BCUT2D eigenvalue weighted by Gasteiger charge is -2.06. The fourth-order valence-electron chi connectivity index (χ4n) is 2.22. The second kappa shape index (κ2) is 6.23. The minimum absolute atomic E-state index is 0.120. The molecule has 0 aliphatic heterocycles. The molecule has 3 aromatic rings. The van der Waals surface area contributed by atoms with E-state index < -0.39 is 11.7 Å². The molecule has 7 heteroatoms. The Labute approximate surface area is 141 Å². The van der Waals surface area contributed by atoms with Gasteiger partial charge in [0.05, 0.1) is 5.56 Å². The van der Waals surface area contributed by atoms with Gasteiger partial charge in [0.15, 0.2) is 5.58 Å². The zero-order valence-electron chi connectivity index (χ0n) is 13.5. The van der Waals surface area contributed by atoms with Gasteiger partial charge in [-0.1, -0.05) is 13.8 Å². The number of fused-ring (bicyclic) bond motifs is 1. The van der Waals surface area contributed by atoms with E-state index in [1.165, 1.54) is 12.1 Å². The maximum absolute atomic E-state index is 12.6. The first-order valence-electron chi connectivity index (χ1n) is 7.63. The van der Waals surface area contributed by atoms with Gasteiger partial charge in [0, 0.05) is 17.2 Å². The van der Waals surface area contributed by atoms with E-state index in [-0.39, 0.29) is 17.7 Å². The summed E-state index contributed by atoms with van der Waals surface area (Å²) in [6, 6.07) is 9.60. The van der Waals surface area contributed by atoms with Crippen molar-refractivity contribution in [3.05, 3.63) is 48.0 Å². The third-order valence-electron chi connectivity index (χ3n) is 3.64. The Morgan fingerprint density at radius 1 is 1.12 bits per heavy atom. The van der Waals surface area contributed by atoms with Crippen LogP contribution < -0.4 is 5.32 Å².